The van der Waals surface area contributed by atoms with E-state index in [0.717, 1.165) is 59.1 Å². The molecule has 28 heavy (non-hydrogen) atoms. The molecule has 1 aromatic carbocycles. The van der Waals surface area contributed by atoms with Crippen LogP contribution in [0, 0.1) is 18.7 Å². The maximum Gasteiger partial charge on any atom is 0.225 e. The molecule has 146 valence electrons. The number of carbonyl (C=O) groups is 1. The Morgan fingerprint density at radius 3 is 2.79 bits per heavy atom. The standard InChI is InChI=1S/C20H22FN5OS/c1-12-17-18(26(24-12)16-8-4-14(21)5-9-16)23-20(28-17)25-10-2-3-13(11-25)19(27)22-15-6-7-15/h4-5,8-9,13,15H,2-3,6-7,10-11H2,1H3,(H,22,27). The number of nitrogens with zero attached hydrogens (tertiary/aromatic N) is 4. The summed E-state index contributed by atoms with van der Waals surface area (Å²) >= 11 is 1.61. The van der Waals surface area contributed by atoms with Crippen LogP contribution in [0.1, 0.15) is 31.4 Å². The number of amides is 1. The second kappa shape index (κ2) is 6.84. The zero-order valence-electron chi connectivity index (χ0n) is 15.7. The minimum absolute atomic E-state index is 0.0241. The van der Waals surface area contributed by atoms with Gasteiger partial charge in [-0.15, -0.1) is 0 Å². The van der Waals surface area contributed by atoms with Gasteiger partial charge in [0.15, 0.2) is 10.8 Å². The number of anilines is 1. The number of carbonyl (C=O) groups excluding carboxylic acids is 1. The summed E-state index contributed by atoms with van der Waals surface area (Å²) in [5, 5.41) is 8.64. The fraction of sp³-hybridized carbons (Fsp3) is 0.450. The molecule has 1 saturated heterocycles. The van der Waals surface area contributed by atoms with Crippen molar-refractivity contribution in [2.75, 3.05) is 18.0 Å². The van der Waals surface area contributed by atoms with Crippen LogP contribution in [0.3, 0.4) is 0 Å². The molecule has 1 saturated carbocycles. The Labute approximate surface area is 166 Å². The van der Waals surface area contributed by atoms with E-state index < -0.39 is 0 Å². The van der Waals surface area contributed by atoms with Crippen molar-refractivity contribution >= 4 is 32.7 Å². The van der Waals surface area contributed by atoms with E-state index in [1.807, 2.05) is 6.92 Å². The lowest BCUT2D eigenvalue weighted by Crippen LogP contribution is -2.43. The van der Waals surface area contributed by atoms with E-state index in [2.05, 4.69) is 15.3 Å². The highest BCUT2D eigenvalue weighted by Crippen LogP contribution is 2.34. The second-order valence-corrected chi connectivity index (χ2v) is 8.67. The van der Waals surface area contributed by atoms with Crippen molar-refractivity contribution in [3.05, 3.63) is 35.8 Å². The molecule has 5 rings (SSSR count). The highest BCUT2D eigenvalue weighted by atomic mass is 32.1. The van der Waals surface area contributed by atoms with Crippen LogP contribution in [0.2, 0.25) is 0 Å². The number of thiazole rings is 1. The average Bonchev–Trinajstić information content (AvgIpc) is 3.31. The van der Waals surface area contributed by atoms with Gasteiger partial charge in [0.25, 0.3) is 0 Å². The minimum atomic E-state index is -0.272. The molecular formula is C20H22FN5OS. The van der Waals surface area contributed by atoms with E-state index in [0.29, 0.717) is 12.6 Å². The zero-order chi connectivity index (χ0) is 19.3. The van der Waals surface area contributed by atoms with E-state index >= 15 is 0 Å². The number of hydrogen-bond donors (Lipinski definition) is 1. The van der Waals surface area contributed by atoms with E-state index in [1.54, 1.807) is 28.2 Å². The molecule has 3 aromatic rings. The van der Waals surface area contributed by atoms with Gasteiger partial charge in [0.05, 0.1) is 22.0 Å². The number of halogens is 1. The normalized spacial score (nSPS) is 19.9. The summed E-state index contributed by atoms with van der Waals surface area (Å²) in [5.74, 6) is -0.0651. The zero-order valence-corrected chi connectivity index (χ0v) is 16.5. The lowest BCUT2D eigenvalue weighted by Gasteiger charge is -2.31. The van der Waals surface area contributed by atoms with Crippen molar-refractivity contribution in [1.29, 1.82) is 0 Å². The molecule has 0 bridgehead atoms. The summed E-state index contributed by atoms with van der Waals surface area (Å²) in [6.07, 6.45) is 4.14. The number of aryl methyl sites for hydroxylation is 1. The first-order valence-electron chi connectivity index (χ1n) is 9.76. The van der Waals surface area contributed by atoms with Crippen molar-refractivity contribution in [3.63, 3.8) is 0 Å². The summed E-state index contributed by atoms with van der Waals surface area (Å²) in [5.41, 5.74) is 2.48. The quantitative estimate of drug-likeness (QED) is 0.730. The van der Waals surface area contributed by atoms with Gasteiger partial charge in [0.1, 0.15) is 5.82 Å². The van der Waals surface area contributed by atoms with Crippen LogP contribution in [0.5, 0.6) is 0 Å². The Hall–Kier alpha value is -2.48. The van der Waals surface area contributed by atoms with Gasteiger partial charge in [0.2, 0.25) is 5.91 Å². The lowest BCUT2D eigenvalue weighted by molar-refractivity contribution is -0.125. The summed E-state index contributed by atoms with van der Waals surface area (Å²) < 4.78 is 16.1. The van der Waals surface area contributed by atoms with E-state index in [4.69, 9.17) is 4.98 Å². The van der Waals surface area contributed by atoms with Crippen molar-refractivity contribution < 1.29 is 9.18 Å². The number of fused-ring (bicyclic) bond motifs is 1. The molecule has 0 spiro atoms. The van der Waals surface area contributed by atoms with Crippen LogP contribution in [0.15, 0.2) is 24.3 Å². The lowest BCUT2D eigenvalue weighted by atomic mass is 9.97. The van der Waals surface area contributed by atoms with Gasteiger partial charge >= 0.3 is 0 Å². The van der Waals surface area contributed by atoms with Crippen LogP contribution in [0.25, 0.3) is 16.0 Å². The van der Waals surface area contributed by atoms with Crippen molar-refractivity contribution in [1.82, 2.24) is 20.1 Å². The van der Waals surface area contributed by atoms with Gasteiger partial charge < -0.3 is 10.2 Å². The number of rotatable bonds is 4. The fourth-order valence-electron chi connectivity index (χ4n) is 3.73. The monoisotopic (exact) mass is 399 g/mol. The van der Waals surface area contributed by atoms with Crippen LogP contribution < -0.4 is 10.2 Å². The summed E-state index contributed by atoms with van der Waals surface area (Å²) in [7, 11) is 0. The predicted octanol–water partition coefficient (Wildman–Crippen LogP) is 3.42. The third-order valence-corrected chi connectivity index (χ3v) is 6.65. The van der Waals surface area contributed by atoms with E-state index in [-0.39, 0.29) is 17.6 Å². The molecule has 6 nitrogen and oxygen atoms in total. The fourth-order valence-corrected chi connectivity index (χ4v) is 4.75. The van der Waals surface area contributed by atoms with Crippen LogP contribution in [-0.4, -0.2) is 39.8 Å². The smallest absolute Gasteiger partial charge is 0.225 e. The molecule has 1 atom stereocenters. The van der Waals surface area contributed by atoms with Gasteiger partial charge in [-0.1, -0.05) is 11.3 Å². The first kappa shape index (κ1) is 17.6. The van der Waals surface area contributed by atoms with E-state index in [9.17, 15) is 9.18 Å². The molecule has 2 aliphatic rings. The van der Waals surface area contributed by atoms with Crippen molar-refractivity contribution in [2.45, 2.75) is 38.6 Å². The first-order chi connectivity index (χ1) is 13.6. The Morgan fingerprint density at radius 1 is 1.25 bits per heavy atom. The van der Waals surface area contributed by atoms with Crippen LogP contribution in [0.4, 0.5) is 9.52 Å². The maximum atomic E-state index is 13.3. The molecule has 2 aromatic heterocycles. The first-order valence-corrected chi connectivity index (χ1v) is 10.6. The van der Waals surface area contributed by atoms with Gasteiger partial charge in [-0.25, -0.2) is 9.07 Å². The molecule has 0 radical (unpaired) electrons. The number of nitrogens with one attached hydrogen (secondary N) is 1. The molecule has 1 aliphatic carbocycles. The second-order valence-electron chi connectivity index (χ2n) is 7.69. The highest BCUT2D eigenvalue weighted by molar-refractivity contribution is 7.22. The topological polar surface area (TPSA) is 63.1 Å². The summed E-state index contributed by atoms with van der Waals surface area (Å²) in [6, 6.07) is 6.67. The molecule has 1 N–H and O–H groups in total. The third kappa shape index (κ3) is 3.26. The highest BCUT2D eigenvalue weighted by Gasteiger charge is 2.31. The Balaban J connectivity index is 1.42. The Morgan fingerprint density at radius 2 is 2.04 bits per heavy atom. The van der Waals surface area contributed by atoms with Gasteiger partial charge in [0, 0.05) is 19.1 Å². The van der Waals surface area contributed by atoms with Crippen LogP contribution in [-0.2, 0) is 4.79 Å². The third-order valence-electron chi connectivity index (χ3n) is 5.43. The summed E-state index contributed by atoms with van der Waals surface area (Å²) in [6.45, 7) is 3.58. The molecule has 3 heterocycles. The minimum Gasteiger partial charge on any atom is -0.353 e. The summed E-state index contributed by atoms with van der Waals surface area (Å²) in [4.78, 5) is 19.5. The SMILES string of the molecule is Cc1nn(-c2ccc(F)cc2)c2nc(N3CCCC(C(=O)NC4CC4)C3)sc12. The Bertz CT molecular complexity index is 1020. The van der Waals surface area contributed by atoms with Gasteiger partial charge in [-0.2, -0.15) is 10.1 Å². The molecule has 1 unspecified atom stereocenters. The Kier molecular flexibility index (Phi) is 4.30. The van der Waals surface area contributed by atoms with E-state index in [1.165, 1.54) is 12.1 Å². The molecule has 1 aliphatic heterocycles. The van der Waals surface area contributed by atoms with Crippen molar-refractivity contribution in [2.24, 2.45) is 5.92 Å². The molecule has 1 amide bonds. The predicted molar refractivity (Wildman–Crippen MR) is 108 cm³/mol. The van der Waals surface area contributed by atoms with Crippen LogP contribution >= 0.6 is 11.3 Å². The average molecular weight is 399 g/mol. The molecular weight excluding hydrogens is 377 g/mol. The van der Waals surface area contributed by atoms with Gasteiger partial charge in [-0.3, -0.25) is 4.79 Å². The van der Waals surface area contributed by atoms with Crippen molar-refractivity contribution in [3.8, 4) is 5.69 Å². The maximum absolute atomic E-state index is 13.3. The largest absolute Gasteiger partial charge is 0.353 e. The number of benzene rings is 1. The molecule has 8 heteroatoms. The number of piperidine rings is 1. The molecule has 2 fully saturated rings. The number of aromatic nitrogens is 3. The van der Waals surface area contributed by atoms with Gasteiger partial charge in [-0.05, 0) is 56.9 Å². The number of hydrogen-bond acceptors (Lipinski definition) is 5.